The van der Waals surface area contributed by atoms with Crippen molar-refractivity contribution in [2.75, 3.05) is 0 Å². The van der Waals surface area contributed by atoms with E-state index in [9.17, 15) is 0 Å². The van der Waals surface area contributed by atoms with Gasteiger partial charge in [-0.05, 0) is 92.0 Å². The number of nitrogens with zero attached hydrogens (tertiary/aromatic N) is 5. The topological polar surface area (TPSA) is 48.5 Å². The molecule has 0 radical (unpaired) electrons. The van der Waals surface area contributed by atoms with Crippen molar-refractivity contribution in [3.8, 4) is 56.1 Å². The molecule has 0 bridgehead atoms. The molecular formula is C65H41N5. The highest BCUT2D eigenvalue weighted by atomic mass is 15.1. The Kier molecular flexibility index (Phi) is 8.42. The van der Waals surface area contributed by atoms with Gasteiger partial charge in [0.05, 0.1) is 33.9 Å². The lowest BCUT2D eigenvalue weighted by atomic mass is 9.92. The Balaban J connectivity index is 1.04. The maximum absolute atomic E-state index is 5.87. The first-order chi connectivity index (χ1) is 34.8. The quantitative estimate of drug-likeness (QED) is 0.167. The van der Waals surface area contributed by atoms with Crippen molar-refractivity contribution in [2.24, 2.45) is 0 Å². The average Bonchev–Trinajstić information content (AvgIpc) is 4.17. The first kappa shape index (κ1) is 38.9. The molecule has 0 amide bonds. The summed E-state index contributed by atoms with van der Waals surface area (Å²) in [6, 6.07) is 85.4. The number of fused-ring (bicyclic) bond motifs is 14. The smallest absolute Gasteiger partial charge is 0.163 e. The van der Waals surface area contributed by atoms with Crippen LogP contribution in [-0.4, -0.2) is 24.1 Å². The highest BCUT2D eigenvalue weighted by Gasteiger charge is 2.40. The minimum atomic E-state index is -0.298. The fraction of sp³-hybridized carbons (Fsp3) is 0.0308. The first-order valence-corrected chi connectivity index (χ1v) is 24.1. The van der Waals surface area contributed by atoms with E-state index in [0.717, 1.165) is 34.2 Å². The SMILES string of the molecule is c1ccc(-c2ccc(-c3nc(C4c5ccccc5-c5ccc6c7ccccc7n(-c7ccccc7)c6c54)nc(C4c5ccccc5-c5ccc6c7ccccc7n(-c7ccccc7)c6c54)n3)cc2)cc1. The second-order valence-electron chi connectivity index (χ2n) is 18.6. The van der Waals surface area contributed by atoms with E-state index in [4.69, 9.17) is 15.0 Å². The molecule has 0 saturated heterocycles. The molecule has 0 aliphatic heterocycles. The van der Waals surface area contributed by atoms with Gasteiger partial charge in [0.15, 0.2) is 5.82 Å². The predicted octanol–water partition coefficient (Wildman–Crippen LogP) is 15.7. The summed E-state index contributed by atoms with van der Waals surface area (Å²) in [5.74, 6) is 1.53. The molecular weight excluding hydrogens is 851 g/mol. The van der Waals surface area contributed by atoms with Crippen LogP contribution in [0, 0.1) is 0 Å². The van der Waals surface area contributed by atoms with Gasteiger partial charge in [-0.15, -0.1) is 0 Å². The maximum Gasteiger partial charge on any atom is 0.163 e. The van der Waals surface area contributed by atoms with Crippen LogP contribution in [0.2, 0.25) is 0 Å². The Hall–Kier alpha value is -9.19. The van der Waals surface area contributed by atoms with Gasteiger partial charge in [-0.2, -0.15) is 0 Å². The van der Waals surface area contributed by atoms with Crippen LogP contribution < -0.4 is 0 Å². The van der Waals surface area contributed by atoms with Gasteiger partial charge in [0.25, 0.3) is 0 Å². The van der Waals surface area contributed by atoms with Gasteiger partial charge < -0.3 is 9.13 Å². The Labute approximate surface area is 404 Å². The standard InChI is InChI=1S/C65H41N5/c1-4-18-40(19-5-1)41-32-34-42(35-33-41)63-66-64(59-49-28-12-10-24-45(49)51-36-38-53-47-26-14-16-30-55(47)69(61(53)57(51)59)43-20-6-2-7-21-43)68-65(67-63)60-50-29-13-11-25-46(50)52-37-39-54-48-27-15-17-31-56(48)70(62(54)58(52)60)44-22-8-3-9-23-44/h1-39,59-60H. The highest BCUT2D eigenvalue weighted by Crippen LogP contribution is 2.55. The molecule has 2 aliphatic rings. The summed E-state index contributed by atoms with van der Waals surface area (Å²) in [5, 5.41) is 4.84. The summed E-state index contributed by atoms with van der Waals surface area (Å²) in [6.07, 6.45) is 0. The van der Waals surface area contributed by atoms with Gasteiger partial charge in [-0.3, -0.25) is 0 Å². The summed E-state index contributed by atoms with van der Waals surface area (Å²) in [7, 11) is 0. The zero-order valence-electron chi connectivity index (χ0n) is 37.9. The molecule has 0 spiro atoms. The Morgan fingerprint density at radius 3 is 1.19 bits per heavy atom. The van der Waals surface area contributed by atoms with Crippen LogP contribution in [0.15, 0.2) is 237 Å². The van der Waals surface area contributed by atoms with Gasteiger partial charge in [0.2, 0.25) is 0 Å². The summed E-state index contributed by atoms with van der Waals surface area (Å²) < 4.78 is 4.91. The number of benzene rings is 10. The predicted molar refractivity (Wildman–Crippen MR) is 285 cm³/mol. The molecule has 2 aliphatic carbocycles. The number of para-hydroxylation sites is 4. The minimum absolute atomic E-state index is 0.298. The normalized spacial score (nSPS) is 14.6. The summed E-state index contributed by atoms with van der Waals surface area (Å²) in [4.78, 5) is 17.2. The molecule has 3 heterocycles. The fourth-order valence-corrected chi connectivity index (χ4v) is 12.0. The van der Waals surface area contributed by atoms with E-state index < -0.39 is 0 Å². The highest BCUT2D eigenvalue weighted by molar-refractivity contribution is 6.14. The molecule has 0 N–H and O–H groups in total. The van der Waals surface area contributed by atoms with E-state index in [1.54, 1.807) is 0 Å². The molecule has 5 heteroatoms. The van der Waals surface area contributed by atoms with Crippen LogP contribution in [-0.2, 0) is 0 Å². The van der Waals surface area contributed by atoms with Crippen molar-refractivity contribution in [1.29, 1.82) is 0 Å². The zero-order chi connectivity index (χ0) is 45.9. The lowest BCUT2D eigenvalue weighted by molar-refractivity contribution is 0.780. The summed E-state index contributed by atoms with van der Waals surface area (Å²) >= 11 is 0. The second-order valence-corrected chi connectivity index (χ2v) is 18.6. The van der Waals surface area contributed by atoms with Crippen molar-refractivity contribution in [3.63, 3.8) is 0 Å². The van der Waals surface area contributed by atoms with E-state index in [-0.39, 0.29) is 11.8 Å². The van der Waals surface area contributed by atoms with E-state index in [1.807, 2.05) is 0 Å². The van der Waals surface area contributed by atoms with E-state index in [0.29, 0.717) is 5.82 Å². The molecule has 3 aromatic heterocycles. The van der Waals surface area contributed by atoms with Crippen LogP contribution in [0.1, 0.15) is 45.7 Å². The molecule has 0 fully saturated rings. The van der Waals surface area contributed by atoms with Crippen LogP contribution in [0.5, 0.6) is 0 Å². The van der Waals surface area contributed by atoms with Crippen molar-refractivity contribution >= 4 is 43.6 Å². The molecule has 13 aromatic rings. The Morgan fingerprint density at radius 2 is 0.686 bits per heavy atom. The molecule has 2 atom stereocenters. The van der Waals surface area contributed by atoms with Crippen molar-refractivity contribution in [1.82, 2.24) is 24.1 Å². The van der Waals surface area contributed by atoms with Gasteiger partial charge in [-0.1, -0.05) is 200 Å². The van der Waals surface area contributed by atoms with E-state index in [1.165, 1.54) is 93.7 Å². The molecule has 15 rings (SSSR count). The van der Waals surface area contributed by atoms with Crippen LogP contribution in [0.25, 0.3) is 99.8 Å². The molecule has 326 valence electrons. The van der Waals surface area contributed by atoms with Gasteiger partial charge >= 0.3 is 0 Å². The van der Waals surface area contributed by atoms with Crippen molar-refractivity contribution in [2.45, 2.75) is 11.8 Å². The minimum Gasteiger partial charge on any atom is -0.309 e. The summed E-state index contributed by atoms with van der Waals surface area (Å²) in [6.45, 7) is 0. The van der Waals surface area contributed by atoms with Crippen LogP contribution in [0.3, 0.4) is 0 Å². The number of rotatable bonds is 6. The number of aromatic nitrogens is 5. The molecule has 5 nitrogen and oxygen atoms in total. The summed E-state index contributed by atoms with van der Waals surface area (Å²) in [5.41, 5.74) is 19.8. The number of hydrogen-bond donors (Lipinski definition) is 0. The second kappa shape index (κ2) is 15.2. The lowest BCUT2D eigenvalue weighted by Crippen LogP contribution is -2.15. The number of hydrogen-bond acceptors (Lipinski definition) is 3. The van der Waals surface area contributed by atoms with Gasteiger partial charge in [-0.25, -0.2) is 15.0 Å². The van der Waals surface area contributed by atoms with Gasteiger partial charge in [0.1, 0.15) is 11.6 Å². The van der Waals surface area contributed by atoms with Crippen LogP contribution >= 0.6 is 0 Å². The molecule has 70 heavy (non-hydrogen) atoms. The Bertz CT molecular complexity index is 4000. The largest absolute Gasteiger partial charge is 0.309 e. The average molecular weight is 892 g/mol. The third kappa shape index (κ3) is 5.63. The lowest BCUT2D eigenvalue weighted by Gasteiger charge is -2.20. The van der Waals surface area contributed by atoms with E-state index >= 15 is 0 Å². The third-order valence-corrected chi connectivity index (χ3v) is 14.9. The van der Waals surface area contributed by atoms with Crippen molar-refractivity contribution in [3.05, 3.63) is 270 Å². The fourth-order valence-electron chi connectivity index (χ4n) is 12.0. The molecule has 10 aromatic carbocycles. The zero-order valence-corrected chi connectivity index (χ0v) is 37.9. The maximum atomic E-state index is 5.87. The molecule has 2 unspecified atom stereocenters. The van der Waals surface area contributed by atoms with Gasteiger partial charge in [0, 0.05) is 38.5 Å². The molecule has 0 saturated carbocycles. The van der Waals surface area contributed by atoms with E-state index in [2.05, 4.69) is 246 Å². The third-order valence-electron chi connectivity index (χ3n) is 14.9. The first-order valence-electron chi connectivity index (χ1n) is 24.1. The Morgan fingerprint density at radius 1 is 0.286 bits per heavy atom. The van der Waals surface area contributed by atoms with Crippen molar-refractivity contribution < 1.29 is 0 Å². The monoisotopic (exact) mass is 891 g/mol. The van der Waals surface area contributed by atoms with Crippen LogP contribution in [0.4, 0.5) is 0 Å².